The van der Waals surface area contributed by atoms with Crippen molar-refractivity contribution in [3.8, 4) is 5.75 Å². The molecule has 92 valence electrons. The van der Waals surface area contributed by atoms with Crippen LogP contribution in [0.1, 0.15) is 37.3 Å². The molecule has 0 amide bonds. The molecule has 0 saturated heterocycles. The first-order valence-electron chi connectivity index (χ1n) is 5.61. The SMILES string of the molecule is COc1cc(C(C)C)ccc1/C=C/CC(=O)O. The van der Waals surface area contributed by atoms with Gasteiger partial charge in [-0.1, -0.05) is 38.1 Å². The van der Waals surface area contributed by atoms with Gasteiger partial charge in [-0.15, -0.1) is 0 Å². The molecular weight excluding hydrogens is 216 g/mol. The Balaban J connectivity index is 2.92. The Morgan fingerprint density at radius 1 is 1.47 bits per heavy atom. The Hall–Kier alpha value is -1.77. The lowest BCUT2D eigenvalue weighted by Crippen LogP contribution is -1.93. The van der Waals surface area contributed by atoms with Crippen LogP contribution in [0.15, 0.2) is 24.3 Å². The number of hydrogen-bond donors (Lipinski definition) is 1. The number of carboxylic acid groups (broad SMARTS) is 1. The van der Waals surface area contributed by atoms with Crippen LogP contribution in [0.4, 0.5) is 0 Å². The molecule has 0 saturated carbocycles. The summed E-state index contributed by atoms with van der Waals surface area (Å²) >= 11 is 0. The van der Waals surface area contributed by atoms with Crippen LogP contribution in [0.3, 0.4) is 0 Å². The van der Waals surface area contributed by atoms with Crippen LogP contribution in [0, 0.1) is 0 Å². The van der Waals surface area contributed by atoms with Gasteiger partial charge >= 0.3 is 5.97 Å². The Labute approximate surface area is 102 Å². The molecule has 0 aliphatic carbocycles. The second-order valence-electron chi connectivity index (χ2n) is 4.16. The molecule has 17 heavy (non-hydrogen) atoms. The highest BCUT2D eigenvalue weighted by molar-refractivity contribution is 5.71. The fourth-order valence-corrected chi connectivity index (χ4v) is 1.51. The highest BCUT2D eigenvalue weighted by Gasteiger charge is 2.04. The van der Waals surface area contributed by atoms with Gasteiger partial charge in [-0.25, -0.2) is 0 Å². The zero-order valence-corrected chi connectivity index (χ0v) is 10.4. The molecule has 3 nitrogen and oxygen atoms in total. The number of methoxy groups -OCH3 is 1. The maximum absolute atomic E-state index is 10.4. The third-order valence-electron chi connectivity index (χ3n) is 2.51. The molecule has 3 heteroatoms. The minimum Gasteiger partial charge on any atom is -0.496 e. The highest BCUT2D eigenvalue weighted by atomic mass is 16.5. The van der Waals surface area contributed by atoms with E-state index in [1.54, 1.807) is 19.3 Å². The monoisotopic (exact) mass is 234 g/mol. The number of hydrogen-bond acceptors (Lipinski definition) is 2. The minimum absolute atomic E-state index is 0.0229. The van der Waals surface area contributed by atoms with Crippen LogP contribution in [-0.4, -0.2) is 18.2 Å². The lowest BCUT2D eigenvalue weighted by Gasteiger charge is -2.10. The molecule has 0 aliphatic heterocycles. The van der Waals surface area contributed by atoms with Crippen molar-refractivity contribution >= 4 is 12.0 Å². The number of benzene rings is 1. The molecular formula is C14H18O3. The maximum Gasteiger partial charge on any atom is 0.307 e. The summed E-state index contributed by atoms with van der Waals surface area (Å²) in [6, 6.07) is 5.98. The molecule has 0 aliphatic rings. The van der Waals surface area contributed by atoms with E-state index >= 15 is 0 Å². The van der Waals surface area contributed by atoms with E-state index in [1.165, 1.54) is 5.56 Å². The number of ether oxygens (including phenoxy) is 1. The second-order valence-corrected chi connectivity index (χ2v) is 4.16. The van der Waals surface area contributed by atoms with Crippen LogP contribution in [0.5, 0.6) is 5.75 Å². The van der Waals surface area contributed by atoms with Crippen LogP contribution < -0.4 is 4.74 Å². The second kappa shape index (κ2) is 6.09. The molecule has 1 aromatic carbocycles. The van der Waals surface area contributed by atoms with Crippen LogP contribution in [-0.2, 0) is 4.79 Å². The van der Waals surface area contributed by atoms with Gasteiger partial charge in [-0.3, -0.25) is 4.79 Å². The lowest BCUT2D eigenvalue weighted by atomic mass is 10.0. The average molecular weight is 234 g/mol. The van der Waals surface area contributed by atoms with Gasteiger partial charge < -0.3 is 9.84 Å². The van der Waals surface area contributed by atoms with Crippen LogP contribution >= 0.6 is 0 Å². The summed E-state index contributed by atoms with van der Waals surface area (Å²) in [7, 11) is 1.62. The van der Waals surface area contributed by atoms with Crippen molar-refractivity contribution in [3.05, 3.63) is 35.4 Å². The van der Waals surface area contributed by atoms with Gasteiger partial charge in [0, 0.05) is 5.56 Å². The predicted octanol–water partition coefficient (Wildman–Crippen LogP) is 3.31. The fraction of sp³-hybridized carbons (Fsp3) is 0.357. The topological polar surface area (TPSA) is 46.5 Å². The van der Waals surface area contributed by atoms with E-state index in [0.717, 1.165) is 11.3 Å². The molecule has 0 atom stereocenters. The summed E-state index contributed by atoms with van der Waals surface area (Å²) in [5.41, 5.74) is 2.11. The van der Waals surface area contributed by atoms with Crippen molar-refractivity contribution in [3.63, 3.8) is 0 Å². The number of carboxylic acids is 1. The van der Waals surface area contributed by atoms with E-state index in [2.05, 4.69) is 13.8 Å². The first kappa shape index (κ1) is 13.3. The third-order valence-corrected chi connectivity index (χ3v) is 2.51. The average Bonchev–Trinajstić information content (AvgIpc) is 2.28. The molecule has 0 heterocycles. The molecule has 0 unspecified atom stereocenters. The van der Waals surface area contributed by atoms with E-state index in [-0.39, 0.29) is 6.42 Å². The molecule has 0 bridgehead atoms. The van der Waals surface area contributed by atoms with E-state index in [1.807, 2.05) is 18.2 Å². The van der Waals surface area contributed by atoms with Gasteiger partial charge in [0.1, 0.15) is 5.75 Å². The quantitative estimate of drug-likeness (QED) is 0.850. The van der Waals surface area contributed by atoms with E-state index in [0.29, 0.717) is 5.92 Å². The van der Waals surface area contributed by atoms with Gasteiger partial charge in [0.05, 0.1) is 13.5 Å². The molecule has 0 radical (unpaired) electrons. The molecule has 0 aromatic heterocycles. The largest absolute Gasteiger partial charge is 0.496 e. The van der Waals surface area contributed by atoms with Gasteiger partial charge in [0.25, 0.3) is 0 Å². The third kappa shape index (κ3) is 3.94. The number of rotatable bonds is 5. The summed E-state index contributed by atoms with van der Waals surface area (Å²) in [5.74, 6) is 0.387. The lowest BCUT2D eigenvalue weighted by molar-refractivity contribution is -0.135. The van der Waals surface area contributed by atoms with Crippen LogP contribution in [0.2, 0.25) is 0 Å². The Morgan fingerprint density at radius 3 is 2.71 bits per heavy atom. The summed E-state index contributed by atoms with van der Waals surface area (Å²) < 4.78 is 5.30. The van der Waals surface area contributed by atoms with Gasteiger partial charge in [-0.05, 0) is 17.5 Å². The summed E-state index contributed by atoms with van der Waals surface area (Å²) in [6.07, 6.45) is 3.42. The smallest absolute Gasteiger partial charge is 0.307 e. The van der Waals surface area contributed by atoms with Crippen molar-refractivity contribution in [2.24, 2.45) is 0 Å². The van der Waals surface area contributed by atoms with Crippen molar-refractivity contribution < 1.29 is 14.6 Å². The number of aliphatic carboxylic acids is 1. The highest BCUT2D eigenvalue weighted by Crippen LogP contribution is 2.25. The summed E-state index contributed by atoms with van der Waals surface area (Å²) in [6.45, 7) is 4.24. The van der Waals surface area contributed by atoms with Gasteiger partial charge in [0.15, 0.2) is 0 Å². The van der Waals surface area contributed by atoms with Gasteiger partial charge in [-0.2, -0.15) is 0 Å². The normalized spacial score (nSPS) is 11.1. The summed E-state index contributed by atoms with van der Waals surface area (Å²) in [5, 5.41) is 8.55. The standard InChI is InChI=1S/C14H18O3/c1-10(2)12-8-7-11(13(9-12)17-3)5-4-6-14(15)16/h4-5,7-10H,6H2,1-3H3,(H,15,16)/b5-4+. The first-order valence-corrected chi connectivity index (χ1v) is 5.61. The molecule has 0 fully saturated rings. The summed E-state index contributed by atoms with van der Waals surface area (Å²) in [4.78, 5) is 10.4. The minimum atomic E-state index is -0.834. The van der Waals surface area contributed by atoms with E-state index < -0.39 is 5.97 Å². The number of carbonyl (C=O) groups is 1. The predicted molar refractivity (Wildman–Crippen MR) is 68.4 cm³/mol. The van der Waals surface area contributed by atoms with Crippen LogP contribution in [0.25, 0.3) is 6.08 Å². The molecule has 0 spiro atoms. The fourth-order valence-electron chi connectivity index (χ4n) is 1.51. The Kier molecular flexibility index (Phi) is 4.76. The molecule has 1 rings (SSSR count). The Bertz CT molecular complexity index is 419. The van der Waals surface area contributed by atoms with E-state index in [9.17, 15) is 4.79 Å². The van der Waals surface area contributed by atoms with E-state index in [4.69, 9.17) is 9.84 Å². The molecule has 1 N–H and O–H groups in total. The van der Waals surface area contributed by atoms with Crippen molar-refractivity contribution in [2.75, 3.05) is 7.11 Å². The van der Waals surface area contributed by atoms with Gasteiger partial charge in [0.2, 0.25) is 0 Å². The Morgan fingerprint density at radius 2 is 2.18 bits per heavy atom. The van der Waals surface area contributed by atoms with Crippen molar-refractivity contribution in [1.82, 2.24) is 0 Å². The zero-order valence-electron chi connectivity index (χ0n) is 10.4. The van der Waals surface area contributed by atoms with Crippen molar-refractivity contribution in [2.45, 2.75) is 26.2 Å². The maximum atomic E-state index is 10.4. The first-order chi connectivity index (χ1) is 8.04. The zero-order chi connectivity index (χ0) is 12.8. The van der Waals surface area contributed by atoms with Crippen molar-refractivity contribution in [1.29, 1.82) is 0 Å². The molecule has 1 aromatic rings.